The topological polar surface area (TPSA) is 43.6 Å². The van der Waals surface area contributed by atoms with Crippen molar-refractivity contribution in [2.24, 2.45) is 0 Å². The monoisotopic (exact) mass is 174 g/mol. The van der Waals surface area contributed by atoms with Gasteiger partial charge in [-0.15, -0.1) is 0 Å². The second-order valence-electron chi connectivity index (χ2n) is 2.83. The van der Waals surface area contributed by atoms with Crippen LogP contribution in [0.15, 0.2) is 24.8 Å². The Morgan fingerprint density at radius 1 is 1.08 bits per heavy atom. The molecule has 0 fully saturated rings. The van der Waals surface area contributed by atoms with Gasteiger partial charge in [0.15, 0.2) is 0 Å². The van der Waals surface area contributed by atoms with Gasteiger partial charge in [0.05, 0.1) is 5.69 Å². The minimum absolute atomic E-state index is 0.667. The molecule has 0 saturated heterocycles. The molecule has 0 aliphatic carbocycles. The first kappa shape index (κ1) is 7.91. The molecule has 4 heteroatoms. The van der Waals surface area contributed by atoms with Gasteiger partial charge in [-0.05, 0) is 19.9 Å². The predicted octanol–water partition coefficient (Wildman–Crippen LogP) is 1.28. The Morgan fingerprint density at radius 3 is 2.31 bits per heavy atom. The van der Waals surface area contributed by atoms with E-state index in [9.17, 15) is 0 Å². The minimum atomic E-state index is 0.667. The zero-order valence-electron chi connectivity index (χ0n) is 7.60. The molecule has 0 bridgehead atoms. The largest absolute Gasteiger partial charge is 0.271 e. The number of aryl methyl sites for hydroxylation is 1. The van der Waals surface area contributed by atoms with Crippen LogP contribution in [0.5, 0.6) is 0 Å². The van der Waals surface area contributed by atoms with Gasteiger partial charge < -0.3 is 0 Å². The van der Waals surface area contributed by atoms with Gasteiger partial charge in [0.1, 0.15) is 6.33 Å². The SMILES string of the molecule is Cc1ncn(-c2ncccn2)c1C. The van der Waals surface area contributed by atoms with Crippen molar-refractivity contribution in [1.82, 2.24) is 19.5 Å². The lowest BCUT2D eigenvalue weighted by Gasteiger charge is -2.01. The normalized spacial score (nSPS) is 10.3. The minimum Gasteiger partial charge on any atom is -0.271 e. The molecular weight excluding hydrogens is 164 g/mol. The molecule has 0 aliphatic heterocycles. The summed E-state index contributed by atoms with van der Waals surface area (Å²) >= 11 is 0. The first-order chi connectivity index (χ1) is 6.29. The standard InChI is InChI=1S/C9H10N4/c1-7-8(2)13(6-12-7)9-10-4-3-5-11-9/h3-6H,1-2H3. The van der Waals surface area contributed by atoms with Crippen LogP contribution in [0, 0.1) is 13.8 Å². The molecular formula is C9H10N4. The van der Waals surface area contributed by atoms with Crippen LogP contribution in [0.1, 0.15) is 11.4 Å². The molecule has 2 rings (SSSR count). The van der Waals surface area contributed by atoms with Crippen molar-refractivity contribution >= 4 is 0 Å². The van der Waals surface area contributed by atoms with Crippen molar-refractivity contribution in [1.29, 1.82) is 0 Å². The second kappa shape index (κ2) is 2.97. The van der Waals surface area contributed by atoms with Gasteiger partial charge in [-0.2, -0.15) is 0 Å². The third-order valence-electron chi connectivity index (χ3n) is 2.02. The van der Waals surface area contributed by atoms with Crippen molar-refractivity contribution in [3.8, 4) is 5.95 Å². The third kappa shape index (κ3) is 1.30. The first-order valence-corrected chi connectivity index (χ1v) is 4.07. The maximum Gasteiger partial charge on any atom is 0.235 e. The van der Waals surface area contributed by atoms with Gasteiger partial charge in [0, 0.05) is 18.1 Å². The Morgan fingerprint density at radius 2 is 1.77 bits per heavy atom. The highest BCUT2D eigenvalue weighted by molar-refractivity contribution is 5.20. The van der Waals surface area contributed by atoms with E-state index in [0.29, 0.717) is 5.95 Å². The Kier molecular flexibility index (Phi) is 1.81. The van der Waals surface area contributed by atoms with E-state index in [1.54, 1.807) is 24.8 Å². The van der Waals surface area contributed by atoms with Crippen molar-refractivity contribution < 1.29 is 0 Å². The van der Waals surface area contributed by atoms with Crippen LogP contribution in [-0.4, -0.2) is 19.5 Å². The van der Waals surface area contributed by atoms with Crippen molar-refractivity contribution in [3.05, 3.63) is 36.2 Å². The first-order valence-electron chi connectivity index (χ1n) is 4.07. The van der Waals surface area contributed by atoms with Crippen LogP contribution in [0.3, 0.4) is 0 Å². The summed E-state index contributed by atoms with van der Waals surface area (Å²) in [5.41, 5.74) is 2.08. The predicted molar refractivity (Wildman–Crippen MR) is 48.6 cm³/mol. The van der Waals surface area contributed by atoms with Crippen LogP contribution >= 0.6 is 0 Å². The summed E-state index contributed by atoms with van der Waals surface area (Å²) in [5.74, 6) is 0.667. The van der Waals surface area contributed by atoms with E-state index < -0.39 is 0 Å². The zero-order chi connectivity index (χ0) is 9.26. The van der Waals surface area contributed by atoms with E-state index in [1.807, 2.05) is 18.4 Å². The maximum atomic E-state index is 4.18. The highest BCUT2D eigenvalue weighted by atomic mass is 15.2. The zero-order valence-corrected chi connectivity index (χ0v) is 7.60. The Bertz CT molecular complexity index is 405. The number of nitrogens with zero attached hydrogens (tertiary/aromatic N) is 4. The van der Waals surface area contributed by atoms with E-state index in [-0.39, 0.29) is 0 Å². The van der Waals surface area contributed by atoms with Crippen molar-refractivity contribution in [2.45, 2.75) is 13.8 Å². The summed E-state index contributed by atoms with van der Waals surface area (Å²) in [5, 5.41) is 0. The maximum absolute atomic E-state index is 4.18. The van der Waals surface area contributed by atoms with E-state index in [4.69, 9.17) is 0 Å². The molecule has 0 N–H and O–H groups in total. The van der Waals surface area contributed by atoms with E-state index in [1.165, 1.54) is 0 Å². The number of rotatable bonds is 1. The van der Waals surface area contributed by atoms with E-state index in [2.05, 4.69) is 15.0 Å². The summed E-state index contributed by atoms with van der Waals surface area (Å²) in [6.07, 6.45) is 5.17. The molecule has 66 valence electrons. The fourth-order valence-electron chi connectivity index (χ4n) is 1.12. The van der Waals surface area contributed by atoms with Crippen molar-refractivity contribution in [3.63, 3.8) is 0 Å². The summed E-state index contributed by atoms with van der Waals surface area (Å²) in [6, 6.07) is 1.79. The van der Waals surface area contributed by atoms with E-state index >= 15 is 0 Å². The highest BCUT2D eigenvalue weighted by Crippen LogP contribution is 2.07. The number of aromatic nitrogens is 4. The van der Waals surface area contributed by atoms with E-state index in [0.717, 1.165) is 11.4 Å². The molecule has 2 aromatic rings. The molecule has 4 nitrogen and oxygen atoms in total. The van der Waals surface area contributed by atoms with Crippen LogP contribution in [0.2, 0.25) is 0 Å². The third-order valence-corrected chi connectivity index (χ3v) is 2.02. The highest BCUT2D eigenvalue weighted by Gasteiger charge is 2.04. The molecule has 0 radical (unpaired) electrons. The lowest BCUT2D eigenvalue weighted by Crippen LogP contribution is -2.00. The molecule has 0 aliphatic rings. The molecule has 0 amide bonds. The molecule has 0 aromatic carbocycles. The van der Waals surface area contributed by atoms with Crippen molar-refractivity contribution in [2.75, 3.05) is 0 Å². The summed E-state index contributed by atoms with van der Waals surface area (Å²) in [6.45, 7) is 3.97. The van der Waals surface area contributed by atoms with Crippen LogP contribution in [0.25, 0.3) is 5.95 Å². The molecule has 2 heterocycles. The van der Waals surface area contributed by atoms with Gasteiger partial charge in [-0.25, -0.2) is 15.0 Å². The molecule has 13 heavy (non-hydrogen) atoms. The van der Waals surface area contributed by atoms with Crippen LogP contribution in [-0.2, 0) is 0 Å². The summed E-state index contributed by atoms with van der Waals surface area (Å²) in [4.78, 5) is 12.4. The van der Waals surface area contributed by atoms with Gasteiger partial charge in [0.25, 0.3) is 0 Å². The van der Waals surface area contributed by atoms with Gasteiger partial charge >= 0.3 is 0 Å². The van der Waals surface area contributed by atoms with Gasteiger partial charge in [-0.1, -0.05) is 0 Å². The van der Waals surface area contributed by atoms with Crippen LogP contribution < -0.4 is 0 Å². The molecule has 0 atom stereocenters. The Hall–Kier alpha value is -1.71. The lowest BCUT2D eigenvalue weighted by atomic mass is 10.4. The lowest BCUT2D eigenvalue weighted by molar-refractivity contribution is 0.894. The number of imidazole rings is 1. The molecule has 0 saturated carbocycles. The molecule has 2 aromatic heterocycles. The fourth-order valence-corrected chi connectivity index (χ4v) is 1.12. The summed E-state index contributed by atoms with van der Waals surface area (Å²) in [7, 11) is 0. The quantitative estimate of drug-likeness (QED) is 0.654. The smallest absolute Gasteiger partial charge is 0.235 e. The average Bonchev–Trinajstić information content (AvgIpc) is 2.49. The average molecular weight is 174 g/mol. The van der Waals surface area contributed by atoms with Gasteiger partial charge in [0.2, 0.25) is 5.95 Å². The Labute approximate surface area is 76.3 Å². The Balaban J connectivity index is 2.53. The fraction of sp³-hybridized carbons (Fsp3) is 0.222. The number of hydrogen-bond acceptors (Lipinski definition) is 3. The van der Waals surface area contributed by atoms with Crippen LogP contribution in [0.4, 0.5) is 0 Å². The number of hydrogen-bond donors (Lipinski definition) is 0. The summed E-state index contributed by atoms with van der Waals surface area (Å²) < 4.78 is 1.87. The second-order valence-corrected chi connectivity index (χ2v) is 2.83. The molecule has 0 spiro atoms. The van der Waals surface area contributed by atoms with Gasteiger partial charge in [-0.3, -0.25) is 4.57 Å². The molecule has 0 unspecified atom stereocenters.